The Bertz CT molecular complexity index is 462. The van der Waals surface area contributed by atoms with Crippen molar-refractivity contribution in [3.05, 3.63) is 27.2 Å². The topological polar surface area (TPSA) is 49.5 Å². The molecule has 100 valence electrons. The summed E-state index contributed by atoms with van der Waals surface area (Å²) >= 11 is 3.49. The van der Waals surface area contributed by atoms with Crippen molar-refractivity contribution in [3.63, 3.8) is 0 Å². The lowest BCUT2D eigenvalue weighted by atomic mass is 9.96. The predicted molar refractivity (Wildman–Crippen MR) is 77.8 cm³/mol. The van der Waals surface area contributed by atoms with Gasteiger partial charge in [0.15, 0.2) is 0 Å². The van der Waals surface area contributed by atoms with Gasteiger partial charge in [-0.25, -0.2) is 0 Å². The SMILES string of the molecule is Cc1cc(C2CC(CN)CN2C)c(O)c(Br)c1C. The quantitative estimate of drug-likeness (QED) is 0.883. The van der Waals surface area contributed by atoms with E-state index < -0.39 is 0 Å². The maximum Gasteiger partial charge on any atom is 0.134 e. The summed E-state index contributed by atoms with van der Waals surface area (Å²) in [5.74, 6) is 0.910. The van der Waals surface area contributed by atoms with Crippen molar-refractivity contribution < 1.29 is 5.11 Å². The summed E-state index contributed by atoms with van der Waals surface area (Å²) in [6, 6.07) is 2.38. The van der Waals surface area contributed by atoms with Gasteiger partial charge in [0.1, 0.15) is 5.75 Å². The number of hydrogen-bond acceptors (Lipinski definition) is 3. The lowest BCUT2D eigenvalue weighted by Crippen LogP contribution is -2.20. The molecule has 0 radical (unpaired) electrons. The van der Waals surface area contributed by atoms with E-state index in [1.165, 1.54) is 5.56 Å². The molecule has 1 aromatic rings. The average molecular weight is 313 g/mol. The Morgan fingerprint density at radius 1 is 1.50 bits per heavy atom. The smallest absolute Gasteiger partial charge is 0.134 e. The number of aromatic hydroxyl groups is 1. The number of rotatable bonds is 2. The summed E-state index contributed by atoms with van der Waals surface area (Å²) in [6.07, 6.45) is 1.02. The Kier molecular flexibility index (Phi) is 3.99. The number of halogens is 1. The molecule has 18 heavy (non-hydrogen) atoms. The van der Waals surface area contributed by atoms with Gasteiger partial charge in [-0.15, -0.1) is 0 Å². The fraction of sp³-hybridized carbons (Fsp3) is 0.571. The summed E-state index contributed by atoms with van der Waals surface area (Å²) < 4.78 is 0.821. The van der Waals surface area contributed by atoms with Gasteiger partial charge in [0.25, 0.3) is 0 Å². The van der Waals surface area contributed by atoms with Crippen LogP contribution in [-0.2, 0) is 0 Å². The number of likely N-dealkylation sites (tertiary alicyclic amines) is 1. The Morgan fingerprint density at radius 3 is 2.72 bits per heavy atom. The maximum atomic E-state index is 10.3. The molecule has 1 saturated heterocycles. The van der Waals surface area contributed by atoms with E-state index in [-0.39, 0.29) is 6.04 Å². The highest BCUT2D eigenvalue weighted by Gasteiger charge is 2.32. The first-order valence-corrected chi connectivity index (χ1v) is 7.13. The number of phenols is 1. The maximum absolute atomic E-state index is 10.3. The van der Waals surface area contributed by atoms with Gasteiger partial charge >= 0.3 is 0 Å². The van der Waals surface area contributed by atoms with E-state index in [9.17, 15) is 5.11 Å². The molecule has 0 saturated carbocycles. The zero-order valence-corrected chi connectivity index (χ0v) is 12.8. The van der Waals surface area contributed by atoms with Crippen LogP contribution in [0.4, 0.5) is 0 Å². The van der Waals surface area contributed by atoms with E-state index in [0.717, 1.165) is 28.6 Å². The third-order valence-electron chi connectivity index (χ3n) is 4.10. The minimum absolute atomic E-state index is 0.272. The largest absolute Gasteiger partial charge is 0.506 e. The van der Waals surface area contributed by atoms with Crippen molar-refractivity contribution in [2.75, 3.05) is 20.1 Å². The molecule has 0 bridgehead atoms. The van der Waals surface area contributed by atoms with Crippen molar-refractivity contribution in [1.29, 1.82) is 0 Å². The molecule has 0 amide bonds. The number of nitrogens with zero attached hydrogens (tertiary/aromatic N) is 1. The molecule has 0 aromatic heterocycles. The Morgan fingerprint density at radius 2 is 2.17 bits per heavy atom. The molecule has 1 fully saturated rings. The van der Waals surface area contributed by atoms with Crippen LogP contribution in [0.5, 0.6) is 5.75 Å². The average Bonchev–Trinajstić information content (AvgIpc) is 2.72. The number of aryl methyl sites for hydroxylation is 1. The van der Waals surface area contributed by atoms with E-state index in [0.29, 0.717) is 18.2 Å². The molecular formula is C14H21BrN2O. The van der Waals surface area contributed by atoms with Gasteiger partial charge in [-0.3, -0.25) is 4.90 Å². The normalized spacial score (nSPS) is 24.7. The summed E-state index contributed by atoms with van der Waals surface area (Å²) in [6.45, 7) is 5.82. The zero-order chi connectivity index (χ0) is 13.4. The second kappa shape index (κ2) is 5.19. The third kappa shape index (κ3) is 2.29. The highest BCUT2D eigenvalue weighted by atomic mass is 79.9. The third-order valence-corrected chi connectivity index (χ3v) is 5.07. The van der Waals surface area contributed by atoms with Crippen LogP contribution in [0.1, 0.15) is 29.2 Å². The molecule has 2 rings (SSSR count). The number of benzene rings is 1. The first-order chi connectivity index (χ1) is 8.45. The van der Waals surface area contributed by atoms with Crippen molar-refractivity contribution >= 4 is 15.9 Å². The summed E-state index contributed by atoms with van der Waals surface area (Å²) in [5, 5.41) is 10.3. The number of phenolic OH excluding ortho intramolecular Hbond substituents is 1. The summed E-state index contributed by atoms with van der Waals surface area (Å²) in [7, 11) is 2.10. The van der Waals surface area contributed by atoms with E-state index >= 15 is 0 Å². The van der Waals surface area contributed by atoms with Gasteiger partial charge in [-0.05, 0) is 66.8 Å². The molecule has 3 nitrogen and oxygen atoms in total. The van der Waals surface area contributed by atoms with Crippen LogP contribution in [0, 0.1) is 19.8 Å². The number of hydrogen-bond donors (Lipinski definition) is 2. The van der Waals surface area contributed by atoms with E-state index in [4.69, 9.17) is 5.73 Å². The Balaban J connectivity index is 2.40. The zero-order valence-electron chi connectivity index (χ0n) is 11.2. The minimum Gasteiger partial charge on any atom is -0.506 e. The molecule has 0 spiro atoms. The fourth-order valence-corrected chi connectivity index (χ4v) is 3.32. The van der Waals surface area contributed by atoms with Gasteiger partial charge in [-0.2, -0.15) is 0 Å². The standard InChI is InChI=1S/C14H21BrN2O/c1-8-4-11(14(18)13(15)9(8)2)12-5-10(6-16)7-17(12)3/h4,10,12,18H,5-7,16H2,1-3H3. The monoisotopic (exact) mass is 312 g/mol. The Hall–Kier alpha value is -0.580. The highest BCUT2D eigenvalue weighted by Crippen LogP contribution is 2.42. The first-order valence-electron chi connectivity index (χ1n) is 6.34. The second-order valence-electron chi connectivity index (χ2n) is 5.36. The molecule has 4 heteroatoms. The lowest BCUT2D eigenvalue weighted by Gasteiger charge is -2.22. The Labute approximate surface area is 117 Å². The molecule has 0 aliphatic carbocycles. The van der Waals surface area contributed by atoms with Crippen LogP contribution in [-0.4, -0.2) is 30.1 Å². The molecule has 1 aliphatic rings. The summed E-state index contributed by atoms with van der Waals surface area (Å²) in [4.78, 5) is 2.29. The van der Waals surface area contributed by atoms with Crippen molar-refractivity contribution in [2.24, 2.45) is 11.7 Å². The predicted octanol–water partition coefficient (Wildman–Crippen LogP) is 2.72. The fourth-order valence-electron chi connectivity index (χ4n) is 2.78. The van der Waals surface area contributed by atoms with Gasteiger partial charge < -0.3 is 10.8 Å². The second-order valence-corrected chi connectivity index (χ2v) is 6.16. The van der Waals surface area contributed by atoms with Crippen LogP contribution in [0.2, 0.25) is 0 Å². The molecule has 1 aliphatic heterocycles. The molecule has 1 heterocycles. The van der Waals surface area contributed by atoms with E-state index in [2.05, 4.69) is 40.9 Å². The van der Waals surface area contributed by atoms with E-state index in [1.807, 2.05) is 6.92 Å². The van der Waals surface area contributed by atoms with Gasteiger partial charge in [0.05, 0.1) is 4.47 Å². The van der Waals surface area contributed by atoms with Crippen LogP contribution in [0.3, 0.4) is 0 Å². The molecule has 2 unspecified atom stereocenters. The first kappa shape index (κ1) is 13.8. The van der Waals surface area contributed by atoms with Crippen LogP contribution < -0.4 is 5.73 Å². The van der Waals surface area contributed by atoms with Crippen molar-refractivity contribution in [2.45, 2.75) is 26.3 Å². The van der Waals surface area contributed by atoms with Crippen molar-refractivity contribution in [3.8, 4) is 5.75 Å². The van der Waals surface area contributed by atoms with Crippen LogP contribution in [0.15, 0.2) is 10.5 Å². The van der Waals surface area contributed by atoms with Crippen LogP contribution >= 0.6 is 15.9 Å². The van der Waals surface area contributed by atoms with Gasteiger partial charge in [0.2, 0.25) is 0 Å². The molecule has 1 aromatic carbocycles. The molecular weight excluding hydrogens is 292 g/mol. The van der Waals surface area contributed by atoms with Crippen LogP contribution in [0.25, 0.3) is 0 Å². The minimum atomic E-state index is 0.272. The number of nitrogens with two attached hydrogens (primary N) is 1. The van der Waals surface area contributed by atoms with Crippen molar-refractivity contribution in [1.82, 2.24) is 4.90 Å². The molecule has 3 N–H and O–H groups in total. The summed E-state index contributed by atoms with van der Waals surface area (Å²) in [5.41, 5.74) is 9.09. The van der Waals surface area contributed by atoms with E-state index in [1.54, 1.807) is 0 Å². The lowest BCUT2D eigenvalue weighted by molar-refractivity contribution is 0.305. The molecule has 2 atom stereocenters. The highest BCUT2D eigenvalue weighted by molar-refractivity contribution is 9.10. The van der Waals surface area contributed by atoms with Gasteiger partial charge in [0, 0.05) is 18.2 Å². The van der Waals surface area contributed by atoms with Gasteiger partial charge in [-0.1, -0.05) is 6.07 Å².